The average Bonchev–Trinajstić information content (AvgIpc) is 2.78. The minimum Gasteiger partial charge on any atom is -0.335 e. The summed E-state index contributed by atoms with van der Waals surface area (Å²) in [5.41, 5.74) is -4.12. The van der Waals surface area contributed by atoms with Crippen molar-refractivity contribution in [2.75, 3.05) is 18.1 Å². The number of hydrogen-bond acceptors (Lipinski definition) is 4. The highest BCUT2D eigenvalue weighted by molar-refractivity contribution is 8.00. The summed E-state index contributed by atoms with van der Waals surface area (Å²) in [6.07, 6.45) is 0.393. The van der Waals surface area contributed by atoms with Crippen molar-refractivity contribution in [3.05, 3.63) is 29.8 Å². The van der Waals surface area contributed by atoms with E-state index in [1.807, 2.05) is 0 Å². The lowest BCUT2D eigenvalue weighted by atomic mass is 10.1. The molecular formula is C14H16F3NO3S2. The second-order valence-electron chi connectivity index (χ2n) is 5.22. The van der Waals surface area contributed by atoms with E-state index in [0.717, 1.165) is 0 Å². The molecule has 128 valence electrons. The van der Waals surface area contributed by atoms with Crippen molar-refractivity contribution in [3.63, 3.8) is 0 Å². The first-order chi connectivity index (χ1) is 10.6. The molecule has 1 aliphatic heterocycles. The molecule has 1 atom stereocenters. The van der Waals surface area contributed by atoms with Crippen LogP contribution in [0.1, 0.15) is 23.7 Å². The summed E-state index contributed by atoms with van der Waals surface area (Å²) in [7, 11) is -3.12. The Balaban J connectivity index is 2.12. The minimum absolute atomic E-state index is 0.000502. The molecule has 0 saturated carbocycles. The van der Waals surface area contributed by atoms with E-state index in [1.54, 1.807) is 6.92 Å². The molecule has 9 heteroatoms. The number of hydrogen-bond donors (Lipinski definition) is 0. The number of carbonyl (C=O) groups excluding carboxylic acids is 1. The molecular weight excluding hydrogens is 351 g/mol. The molecule has 1 fully saturated rings. The first-order valence-corrected chi connectivity index (χ1v) is 9.62. The Morgan fingerprint density at radius 1 is 1.30 bits per heavy atom. The molecule has 0 radical (unpaired) electrons. The van der Waals surface area contributed by atoms with E-state index in [0.29, 0.717) is 13.0 Å². The fourth-order valence-electron chi connectivity index (χ4n) is 2.55. The monoisotopic (exact) mass is 367 g/mol. The van der Waals surface area contributed by atoms with Gasteiger partial charge in [0.2, 0.25) is 0 Å². The lowest BCUT2D eigenvalue weighted by Crippen LogP contribution is -2.40. The van der Waals surface area contributed by atoms with Gasteiger partial charge in [0.25, 0.3) is 5.91 Å². The Labute approximate surface area is 137 Å². The molecule has 0 N–H and O–H groups in total. The van der Waals surface area contributed by atoms with Crippen LogP contribution in [-0.4, -0.2) is 48.8 Å². The van der Waals surface area contributed by atoms with Gasteiger partial charge in [-0.1, -0.05) is 0 Å². The van der Waals surface area contributed by atoms with Crippen molar-refractivity contribution < 1.29 is 26.4 Å². The van der Waals surface area contributed by atoms with E-state index < -0.39 is 15.3 Å². The number of benzene rings is 1. The maximum atomic E-state index is 12.5. The highest BCUT2D eigenvalue weighted by Crippen LogP contribution is 2.36. The smallest absolute Gasteiger partial charge is 0.335 e. The maximum Gasteiger partial charge on any atom is 0.446 e. The highest BCUT2D eigenvalue weighted by Gasteiger charge is 2.34. The van der Waals surface area contributed by atoms with E-state index in [2.05, 4.69) is 0 Å². The van der Waals surface area contributed by atoms with Crippen LogP contribution < -0.4 is 0 Å². The van der Waals surface area contributed by atoms with Crippen LogP contribution in [0, 0.1) is 0 Å². The average molecular weight is 367 g/mol. The van der Waals surface area contributed by atoms with Gasteiger partial charge in [-0.3, -0.25) is 4.79 Å². The lowest BCUT2D eigenvalue weighted by Gasteiger charge is -2.27. The summed E-state index contributed by atoms with van der Waals surface area (Å²) in [5, 5.41) is 0. The van der Waals surface area contributed by atoms with Crippen molar-refractivity contribution in [1.82, 2.24) is 4.90 Å². The van der Waals surface area contributed by atoms with Crippen LogP contribution >= 0.6 is 11.8 Å². The van der Waals surface area contributed by atoms with Gasteiger partial charge in [-0.2, -0.15) is 13.2 Å². The molecule has 1 saturated heterocycles. The first-order valence-electron chi connectivity index (χ1n) is 6.98. The molecule has 2 rings (SSSR count). The standard InChI is InChI=1S/C14H16F3NO3S2/c1-2-18(11-7-8-23(20,21)9-11)13(19)10-3-5-12(6-4-10)22-14(15,16)17/h3-6,11H,2,7-9H2,1H3. The Morgan fingerprint density at radius 2 is 1.91 bits per heavy atom. The topological polar surface area (TPSA) is 54.5 Å². The van der Waals surface area contributed by atoms with Gasteiger partial charge in [0, 0.05) is 23.0 Å². The van der Waals surface area contributed by atoms with E-state index in [4.69, 9.17) is 0 Å². The Morgan fingerprint density at radius 3 is 2.35 bits per heavy atom. The number of sulfone groups is 1. The van der Waals surface area contributed by atoms with Crippen LogP contribution in [0.25, 0.3) is 0 Å². The number of thioether (sulfide) groups is 1. The third kappa shape index (κ3) is 4.87. The number of carbonyl (C=O) groups is 1. The first kappa shape index (κ1) is 18.1. The molecule has 0 aromatic heterocycles. The number of rotatable bonds is 4. The minimum atomic E-state index is -4.38. The molecule has 1 aromatic rings. The molecule has 1 aliphatic rings. The van der Waals surface area contributed by atoms with Crippen LogP contribution in [0.5, 0.6) is 0 Å². The van der Waals surface area contributed by atoms with Gasteiger partial charge < -0.3 is 4.90 Å². The summed E-state index contributed by atoms with van der Waals surface area (Å²) in [6.45, 7) is 2.09. The summed E-state index contributed by atoms with van der Waals surface area (Å²) in [4.78, 5) is 13.9. The predicted octanol–water partition coefficient (Wildman–Crippen LogP) is 2.95. The zero-order chi connectivity index (χ0) is 17.3. The van der Waals surface area contributed by atoms with Gasteiger partial charge in [-0.25, -0.2) is 8.42 Å². The molecule has 4 nitrogen and oxygen atoms in total. The second kappa shape index (κ2) is 6.72. The normalized spacial score (nSPS) is 20.4. The summed E-state index contributed by atoms with van der Waals surface area (Å²) < 4.78 is 60.0. The Kier molecular flexibility index (Phi) is 5.30. The third-order valence-corrected chi connectivity index (χ3v) is 6.08. The predicted molar refractivity (Wildman–Crippen MR) is 82.1 cm³/mol. The molecule has 0 aliphatic carbocycles. The summed E-state index contributed by atoms with van der Waals surface area (Å²) in [6, 6.07) is 4.78. The molecule has 1 amide bonds. The van der Waals surface area contributed by atoms with Crippen molar-refractivity contribution >= 4 is 27.5 Å². The SMILES string of the molecule is CCN(C(=O)c1ccc(SC(F)(F)F)cc1)C1CCS(=O)(=O)C1. The van der Waals surface area contributed by atoms with Gasteiger partial charge in [0.05, 0.1) is 11.5 Å². The van der Waals surface area contributed by atoms with Crippen LogP contribution in [0.3, 0.4) is 0 Å². The van der Waals surface area contributed by atoms with E-state index in [-0.39, 0.29) is 45.7 Å². The third-order valence-electron chi connectivity index (χ3n) is 3.59. The fourth-order valence-corrected chi connectivity index (χ4v) is 4.82. The zero-order valence-corrected chi connectivity index (χ0v) is 14.0. The molecule has 1 unspecified atom stereocenters. The van der Waals surface area contributed by atoms with Crippen LogP contribution in [-0.2, 0) is 9.84 Å². The van der Waals surface area contributed by atoms with Gasteiger partial charge >= 0.3 is 5.51 Å². The van der Waals surface area contributed by atoms with Crippen molar-refractivity contribution in [2.24, 2.45) is 0 Å². The van der Waals surface area contributed by atoms with Crippen LogP contribution in [0.2, 0.25) is 0 Å². The van der Waals surface area contributed by atoms with Crippen LogP contribution in [0.4, 0.5) is 13.2 Å². The lowest BCUT2D eigenvalue weighted by molar-refractivity contribution is -0.0328. The van der Waals surface area contributed by atoms with Gasteiger partial charge in [0.15, 0.2) is 9.84 Å². The van der Waals surface area contributed by atoms with Crippen molar-refractivity contribution in [1.29, 1.82) is 0 Å². The maximum absolute atomic E-state index is 12.5. The fraction of sp³-hybridized carbons (Fsp3) is 0.500. The van der Waals surface area contributed by atoms with Gasteiger partial charge in [-0.15, -0.1) is 0 Å². The molecule has 0 spiro atoms. The van der Waals surface area contributed by atoms with E-state index in [9.17, 15) is 26.4 Å². The van der Waals surface area contributed by atoms with E-state index >= 15 is 0 Å². The Hall–Kier alpha value is -1.22. The molecule has 1 aromatic carbocycles. The van der Waals surface area contributed by atoms with Crippen molar-refractivity contribution in [2.45, 2.75) is 29.8 Å². The van der Waals surface area contributed by atoms with Crippen LogP contribution in [0.15, 0.2) is 29.2 Å². The van der Waals surface area contributed by atoms with Gasteiger partial charge in [0.1, 0.15) is 0 Å². The largest absolute Gasteiger partial charge is 0.446 e. The number of nitrogens with zero attached hydrogens (tertiary/aromatic N) is 1. The molecule has 1 heterocycles. The van der Waals surface area contributed by atoms with E-state index in [1.165, 1.54) is 29.2 Å². The van der Waals surface area contributed by atoms with Gasteiger partial charge in [-0.05, 0) is 49.4 Å². The number of halogens is 3. The quantitative estimate of drug-likeness (QED) is 0.768. The molecule has 23 heavy (non-hydrogen) atoms. The summed E-state index contributed by atoms with van der Waals surface area (Å²) >= 11 is -0.244. The highest BCUT2D eigenvalue weighted by atomic mass is 32.2. The molecule has 0 bridgehead atoms. The summed E-state index contributed by atoms with van der Waals surface area (Å²) in [5.74, 6) is -0.366. The van der Waals surface area contributed by atoms with Crippen molar-refractivity contribution in [3.8, 4) is 0 Å². The number of alkyl halides is 3. The second-order valence-corrected chi connectivity index (χ2v) is 8.59. The zero-order valence-electron chi connectivity index (χ0n) is 12.3. The number of amides is 1. The Bertz CT molecular complexity index is 672.